The second-order valence-corrected chi connectivity index (χ2v) is 8.62. The summed E-state index contributed by atoms with van der Waals surface area (Å²) < 4.78 is 11.8. The van der Waals surface area contributed by atoms with Gasteiger partial charge in [0.05, 0.1) is 12.3 Å². The Bertz CT molecular complexity index is 1480. The van der Waals surface area contributed by atoms with Crippen molar-refractivity contribution in [2.45, 2.75) is 19.9 Å². The average molecular weight is 488 g/mol. The number of oxazole rings is 1. The van der Waals surface area contributed by atoms with Crippen molar-refractivity contribution in [1.82, 2.24) is 10.3 Å². The van der Waals surface area contributed by atoms with Gasteiger partial charge in [0.1, 0.15) is 11.5 Å². The molecule has 0 bridgehead atoms. The summed E-state index contributed by atoms with van der Waals surface area (Å²) in [5.41, 5.74) is 5.21. The molecule has 0 atom stereocenters. The molecular formula is C32H27N2O3. The molecule has 1 radical (unpaired) electrons. The van der Waals surface area contributed by atoms with Crippen LogP contribution in [0.3, 0.4) is 0 Å². The van der Waals surface area contributed by atoms with Crippen LogP contribution in [0.15, 0.2) is 108 Å². The van der Waals surface area contributed by atoms with E-state index in [9.17, 15) is 4.79 Å². The monoisotopic (exact) mass is 487 g/mol. The Morgan fingerprint density at radius 1 is 0.865 bits per heavy atom. The number of nitrogens with one attached hydrogen (secondary N) is 1. The number of benzene rings is 4. The molecule has 5 rings (SSSR count). The molecule has 5 nitrogen and oxygen atoms in total. The third-order valence-electron chi connectivity index (χ3n) is 6.03. The lowest BCUT2D eigenvalue weighted by Gasteiger charge is -2.11. The van der Waals surface area contributed by atoms with Crippen LogP contribution >= 0.6 is 0 Å². The molecule has 0 saturated heterocycles. The van der Waals surface area contributed by atoms with Gasteiger partial charge in [-0.15, -0.1) is 0 Å². The van der Waals surface area contributed by atoms with Gasteiger partial charge in [0.15, 0.2) is 0 Å². The van der Waals surface area contributed by atoms with E-state index in [-0.39, 0.29) is 5.91 Å². The van der Waals surface area contributed by atoms with Crippen molar-refractivity contribution in [2.24, 2.45) is 0 Å². The first-order valence-electron chi connectivity index (χ1n) is 12.3. The Hall–Kier alpha value is -4.64. The van der Waals surface area contributed by atoms with Gasteiger partial charge < -0.3 is 14.5 Å². The zero-order valence-electron chi connectivity index (χ0n) is 20.6. The maximum Gasteiger partial charge on any atom is 0.252 e. The molecular weight excluding hydrogens is 460 g/mol. The Kier molecular flexibility index (Phi) is 7.42. The van der Waals surface area contributed by atoms with Crippen LogP contribution in [0.2, 0.25) is 0 Å². The molecule has 183 valence electrons. The Labute approximate surface area is 216 Å². The van der Waals surface area contributed by atoms with Gasteiger partial charge in [0, 0.05) is 30.2 Å². The third-order valence-corrected chi connectivity index (χ3v) is 6.03. The van der Waals surface area contributed by atoms with E-state index in [4.69, 9.17) is 9.15 Å². The van der Waals surface area contributed by atoms with Crippen LogP contribution in [0.1, 0.15) is 27.4 Å². The van der Waals surface area contributed by atoms with Gasteiger partial charge >= 0.3 is 0 Å². The lowest BCUT2D eigenvalue weighted by molar-refractivity contribution is 0.0951. The molecule has 0 aliphatic heterocycles. The predicted octanol–water partition coefficient (Wildman–Crippen LogP) is 6.67. The lowest BCUT2D eigenvalue weighted by atomic mass is 9.99. The number of nitrogens with zero attached hydrogens (tertiary/aromatic N) is 1. The summed E-state index contributed by atoms with van der Waals surface area (Å²) in [6.45, 7) is 2.71. The average Bonchev–Trinajstić information content (AvgIpc) is 3.33. The van der Waals surface area contributed by atoms with Crippen LogP contribution in [0, 0.1) is 13.0 Å². The van der Waals surface area contributed by atoms with Crippen LogP contribution < -0.4 is 10.1 Å². The highest BCUT2D eigenvalue weighted by Gasteiger charge is 2.13. The van der Waals surface area contributed by atoms with Crippen molar-refractivity contribution < 1.29 is 13.9 Å². The van der Waals surface area contributed by atoms with E-state index in [1.165, 1.54) is 0 Å². The molecule has 0 aliphatic carbocycles. The van der Waals surface area contributed by atoms with Crippen LogP contribution in [-0.4, -0.2) is 17.5 Å². The smallest absolute Gasteiger partial charge is 0.252 e. The van der Waals surface area contributed by atoms with E-state index in [0.717, 1.165) is 33.7 Å². The number of carbonyl (C=O) groups excluding carboxylic acids is 1. The third kappa shape index (κ3) is 5.96. The Morgan fingerprint density at radius 3 is 2.35 bits per heavy atom. The number of aromatic nitrogens is 1. The first-order chi connectivity index (χ1) is 18.2. The largest absolute Gasteiger partial charge is 0.493 e. The summed E-state index contributed by atoms with van der Waals surface area (Å²) in [6.07, 6.45) is 0.618. The molecule has 0 aliphatic rings. The summed E-state index contributed by atoms with van der Waals surface area (Å²) in [7, 11) is 0. The van der Waals surface area contributed by atoms with Crippen molar-refractivity contribution in [1.29, 1.82) is 0 Å². The number of rotatable bonds is 9. The van der Waals surface area contributed by atoms with Gasteiger partial charge in [-0.25, -0.2) is 4.98 Å². The van der Waals surface area contributed by atoms with Crippen LogP contribution in [0.4, 0.5) is 0 Å². The predicted molar refractivity (Wildman–Crippen MR) is 144 cm³/mol. The summed E-state index contributed by atoms with van der Waals surface area (Å²) in [5.74, 6) is 1.90. The minimum absolute atomic E-state index is 0.130. The molecule has 1 N–H and O–H groups in total. The summed E-state index contributed by atoms with van der Waals surface area (Å²) >= 11 is 0. The maximum atomic E-state index is 13.0. The normalized spacial score (nSPS) is 10.7. The molecule has 1 heterocycles. The number of hydrogen-bond donors (Lipinski definition) is 1. The summed E-state index contributed by atoms with van der Waals surface area (Å²) in [4.78, 5) is 17.6. The number of hydrogen-bond acceptors (Lipinski definition) is 4. The topological polar surface area (TPSA) is 64.4 Å². The minimum atomic E-state index is -0.130. The fourth-order valence-corrected chi connectivity index (χ4v) is 4.12. The zero-order chi connectivity index (χ0) is 25.5. The van der Waals surface area contributed by atoms with Crippen molar-refractivity contribution in [3.63, 3.8) is 0 Å². The molecule has 0 fully saturated rings. The molecule has 0 saturated carbocycles. The summed E-state index contributed by atoms with van der Waals surface area (Å²) in [5, 5.41) is 3.01. The van der Waals surface area contributed by atoms with E-state index in [1.807, 2.05) is 110 Å². The van der Waals surface area contributed by atoms with E-state index in [2.05, 4.69) is 16.4 Å². The minimum Gasteiger partial charge on any atom is -0.493 e. The standard InChI is InChI=1S/C32H27N2O3/c1-23-30(34-32(37-23)26-14-6-3-7-15-26)19-20-36-27-16-10-11-24(21-27)22-33-31(35)29-18-9-8-17-28(29)25-12-4-2-5-13-25/h2-18H,19-20,22H2,1H3,(H,33,35). The first-order valence-corrected chi connectivity index (χ1v) is 12.3. The van der Waals surface area contributed by atoms with E-state index in [1.54, 1.807) is 0 Å². The quantitative estimate of drug-likeness (QED) is 0.252. The Balaban J connectivity index is 1.18. The summed E-state index contributed by atoms with van der Waals surface area (Å²) in [6, 6.07) is 36.3. The Morgan fingerprint density at radius 2 is 1.57 bits per heavy atom. The van der Waals surface area contributed by atoms with Crippen LogP contribution in [0.25, 0.3) is 22.6 Å². The van der Waals surface area contributed by atoms with Crippen LogP contribution in [-0.2, 0) is 13.0 Å². The highest BCUT2D eigenvalue weighted by Crippen LogP contribution is 2.24. The van der Waals surface area contributed by atoms with Gasteiger partial charge in [0.25, 0.3) is 5.91 Å². The number of ether oxygens (including phenoxy) is 1. The molecule has 4 aromatic carbocycles. The molecule has 5 heteroatoms. The maximum absolute atomic E-state index is 13.0. The van der Waals surface area contributed by atoms with E-state index >= 15 is 0 Å². The fourth-order valence-electron chi connectivity index (χ4n) is 4.12. The molecule has 5 aromatic rings. The second kappa shape index (κ2) is 11.4. The van der Waals surface area contributed by atoms with Gasteiger partial charge in [-0.3, -0.25) is 4.79 Å². The van der Waals surface area contributed by atoms with Gasteiger partial charge in [0.2, 0.25) is 5.89 Å². The SMILES string of the molecule is Cc1oc(-c2ccccc2)nc1CCOc1[c]c(CNC(=O)c2ccccc2-c2ccccc2)ccc1. The van der Waals surface area contributed by atoms with Crippen molar-refractivity contribution in [2.75, 3.05) is 6.61 Å². The number of aryl methyl sites for hydroxylation is 1. The molecule has 0 unspecified atom stereocenters. The molecule has 1 aromatic heterocycles. The van der Waals surface area contributed by atoms with Gasteiger partial charge in [-0.05, 0) is 47.9 Å². The second-order valence-electron chi connectivity index (χ2n) is 8.62. The number of amides is 1. The first kappa shape index (κ1) is 24.1. The molecule has 1 amide bonds. The van der Waals surface area contributed by atoms with Gasteiger partial charge in [-0.1, -0.05) is 78.9 Å². The highest BCUT2D eigenvalue weighted by atomic mass is 16.5. The number of carbonyl (C=O) groups is 1. The van der Waals surface area contributed by atoms with Crippen molar-refractivity contribution >= 4 is 5.91 Å². The fraction of sp³-hybridized carbons (Fsp3) is 0.125. The lowest BCUT2D eigenvalue weighted by Crippen LogP contribution is -2.23. The molecule has 37 heavy (non-hydrogen) atoms. The van der Waals surface area contributed by atoms with Gasteiger partial charge in [-0.2, -0.15) is 0 Å². The van der Waals surface area contributed by atoms with Crippen molar-refractivity contribution in [3.05, 3.63) is 132 Å². The van der Waals surface area contributed by atoms with Crippen LogP contribution in [0.5, 0.6) is 5.75 Å². The van der Waals surface area contributed by atoms with E-state index < -0.39 is 0 Å². The van der Waals surface area contributed by atoms with Crippen molar-refractivity contribution in [3.8, 4) is 28.3 Å². The van der Waals surface area contributed by atoms with E-state index in [0.29, 0.717) is 36.8 Å². The highest BCUT2D eigenvalue weighted by molar-refractivity contribution is 6.00. The molecule has 0 spiro atoms. The zero-order valence-corrected chi connectivity index (χ0v) is 20.6.